The standard InChI is InChI=1S/C11H11N3/c1-2-3-5-8-10(12)11-9(14-8)6-4-7-13-11/h2-7,14H,1,12H2/b5-3-. The van der Waals surface area contributed by atoms with Crippen molar-refractivity contribution in [1.29, 1.82) is 0 Å². The Morgan fingerprint density at radius 3 is 3.07 bits per heavy atom. The molecule has 2 aromatic rings. The van der Waals surface area contributed by atoms with E-state index in [4.69, 9.17) is 5.73 Å². The SMILES string of the molecule is C=C/C=C\c1[nH]c2cccnc2c1N. The fourth-order valence-corrected chi connectivity index (χ4v) is 1.36. The molecule has 0 aliphatic carbocycles. The Hall–Kier alpha value is -2.03. The van der Waals surface area contributed by atoms with Gasteiger partial charge in [0, 0.05) is 6.20 Å². The summed E-state index contributed by atoms with van der Waals surface area (Å²) in [7, 11) is 0. The van der Waals surface area contributed by atoms with Crippen molar-refractivity contribution >= 4 is 22.8 Å². The van der Waals surface area contributed by atoms with Gasteiger partial charge in [-0.05, 0) is 18.2 Å². The van der Waals surface area contributed by atoms with Crippen LogP contribution in [0, 0.1) is 0 Å². The van der Waals surface area contributed by atoms with Crippen molar-refractivity contribution in [2.45, 2.75) is 0 Å². The number of allylic oxidation sites excluding steroid dienone is 2. The van der Waals surface area contributed by atoms with E-state index in [-0.39, 0.29) is 0 Å². The van der Waals surface area contributed by atoms with Gasteiger partial charge in [0.1, 0.15) is 5.52 Å². The number of pyridine rings is 1. The molecule has 0 aliphatic rings. The molecule has 0 saturated heterocycles. The molecule has 0 fully saturated rings. The zero-order valence-electron chi connectivity index (χ0n) is 7.70. The van der Waals surface area contributed by atoms with Gasteiger partial charge in [-0.2, -0.15) is 0 Å². The minimum Gasteiger partial charge on any atom is -0.395 e. The number of rotatable bonds is 2. The fourth-order valence-electron chi connectivity index (χ4n) is 1.36. The van der Waals surface area contributed by atoms with E-state index < -0.39 is 0 Å². The average Bonchev–Trinajstić information content (AvgIpc) is 2.54. The number of nitrogens with one attached hydrogen (secondary N) is 1. The number of fused-ring (bicyclic) bond motifs is 1. The van der Waals surface area contributed by atoms with E-state index in [1.54, 1.807) is 12.3 Å². The number of hydrogen-bond acceptors (Lipinski definition) is 2. The van der Waals surface area contributed by atoms with E-state index in [1.807, 2.05) is 24.3 Å². The van der Waals surface area contributed by atoms with E-state index in [0.717, 1.165) is 16.7 Å². The van der Waals surface area contributed by atoms with Gasteiger partial charge in [0.25, 0.3) is 0 Å². The zero-order chi connectivity index (χ0) is 9.97. The first-order chi connectivity index (χ1) is 6.83. The highest BCUT2D eigenvalue weighted by Crippen LogP contribution is 2.23. The van der Waals surface area contributed by atoms with E-state index in [2.05, 4.69) is 16.5 Å². The molecule has 0 unspecified atom stereocenters. The molecule has 2 rings (SSSR count). The lowest BCUT2D eigenvalue weighted by Crippen LogP contribution is -1.86. The largest absolute Gasteiger partial charge is 0.395 e. The summed E-state index contributed by atoms with van der Waals surface area (Å²) in [5.74, 6) is 0. The molecule has 0 aromatic carbocycles. The molecule has 2 aromatic heterocycles. The van der Waals surface area contributed by atoms with Gasteiger partial charge in [0.05, 0.1) is 16.9 Å². The second-order valence-corrected chi connectivity index (χ2v) is 2.95. The monoisotopic (exact) mass is 185 g/mol. The third kappa shape index (κ3) is 1.29. The van der Waals surface area contributed by atoms with Crippen LogP contribution in [-0.4, -0.2) is 9.97 Å². The van der Waals surface area contributed by atoms with E-state index >= 15 is 0 Å². The summed E-state index contributed by atoms with van der Waals surface area (Å²) in [6.45, 7) is 3.60. The Morgan fingerprint density at radius 1 is 1.50 bits per heavy atom. The van der Waals surface area contributed by atoms with Crippen LogP contribution >= 0.6 is 0 Å². The summed E-state index contributed by atoms with van der Waals surface area (Å²) in [6.07, 6.45) is 7.15. The van der Waals surface area contributed by atoms with Crippen LogP contribution in [0.4, 0.5) is 5.69 Å². The number of nitrogens with zero attached hydrogens (tertiary/aromatic N) is 1. The minimum absolute atomic E-state index is 0.679. The molecule has 0 atom stereocenters. The van der Waals surface area contributed by atoms with E-state index in [9.17, 15) is 0 Å². The van der Waals surface area contributed by atoms with Crippen molar-refractivity contribution in [1.82, 2.24) is 9.97 Å². The maximum Gasteiger partial charge on any atom is 0.111 e. The van der Waals surface area contributed by atoms with Gasteiger partial charge < -0.3 is 10.7 Å². The van der Waals surface area contributed by atoms with Gasteiger partial charge in [-0.1, -0.05) is 18.7 Å². The van der Waals surface area contributed by atoms with E-state index in [1.165, 1.54) is 0 Å². The topological polar surface area (TPSA) is 54.7 Å². The summed E-state index contributed by atoms with van der Waals surface area (Å²) in [5, 5.41) is 0. The molecular weight excluding hydrogens is 174 g/mol. The predicted octanol–water partition coefficient (Wildman–Crippen LogP) is 2.34. The van der Waals surface area contributed by atoms with Crippen molar-refractivity contribution in [3.8, 4) is 0 Å². The molecule has 2 heterocycles. The summed E-state index contributed by atoms with van der Waals surface area (Å²) in [6, 6.07) is 3.82. The van der Waals surface area contributed by atoms with Gasteiger partial charge in [0.2, 0.25) is 0 Å². The molecule has 14 heavy (non-hydrogen) atoms. The second-order valence-electron chi connectivity index (χ2n) is 2.95. The molecule has 0 aliphatic heterocycles. The van der Waals surface area contributed by atoms with Crippen LogP contribution in [-0.2, 0) is 0 Å². The Labute approximate surface area is 82.0 Å². The highest BCUT2D eigenvalue weighted by molar-refractivity contribution is 5.92. The third-order valence-electron chi connectivity index (χ3n) is 2.02. The first-order valence-corrected chi connectivity index (χ1v) is 4.34. The molecule has 0 bridgehead atoms. The van der Waals surface area contributed by atoms with Crippen molar-refractivity contribution in [2.75, 3.05) is 5.73 Å². The molecule has 0 spiro atoms. The van der Waals surface area contributed by atoms with Crippen LogP contribution in [0.5, 0.6) is 0 Å². The lowest BCUT2D eigenvalue weighted by molar-refractivity contribution is 1.40. The normalized spacial score (nSPS) is 11.1. The van der Waals surface area contributed by atoms with Crippen LogP contribution in [0.25, 0.3) is 17.1 Å². The zero-order valence-corrected chi connectivity index (χ0v) is 7.70. The Morgan fingerprint density at radius 2 is 2.36 bits per heavy atom. The van der Waals surface area contributed by atoms with Crippen LogP contribution < -0.4 is 5.73 Å². The van der Waals surface area contributed by atoms with Crippen LogP contribution in [0.2, 0.25) is 0 Å². The Balaban J connectivity index is 2.62. The van der Waals surface area contributed by atoms with Crippen LogP contribution in [0.1, 0.15) is 5.69 Å². The third-order valence-corrected chi connectivity index (χ3v) is 2.02. The molecule has 0 radical (unpaired) electrons. The highest BCUT2D eigenvalue weighted by atomic mass is 14.8. The van der Waals surface area contributed by atoms with Crippen molar-refractivity contribution in [3.05, 3.63) is 42.8 Å². The molecule has 3 heteroatoms. The maximum absolute atomic E-state index is 5.90. The van der Waals surface area contributed by atoms with Crippen LogP contribution in [0.15, 0.2) is 37.1 Å². The number of anilines is 1. The predicted molar refractivity (Wildman–Crippen MR) is 59.7 cm³/mol. The average molecular weight is 185 g/mol. The number of nitrogens with two attached hydrogens (primary N) is 1. The van der Waals surface area contributed by atoms with Crippen molar-refractivity contribution in [3.63, 3.8) is 0 Å². The van der Waals surface area contributed by atoms with Gasteiger partial charge in [-0.25, -0.2) is 0 Å². The highest BCUT2D eigenvalue weighted by Gasteiger charge is 2.05. The summed E-state index contributed by atoms with van der Waals surface area (Å²) in [4.78, 5) is 7.37. The number of nitrogen functional groups attached to an aromatic ring is 1. The molecular formula is C11H11N3. The van der Waals surface area contributed by atoms with E-state index in [0.29, 0.717) is 5.69 Å². The summed E-state index contributed by atoms with van der Waals surface area (Å²) in [5.41, 5.74) is 9.22. The number of hydrogen-bond donors (Lipinski definition) is 2. The van der Waals surface area contributed by atoms with Crippen LogP contribution in [0.3, 0.4) is 0 Å². The lowest BCUT2D eigenvalue weighted by atomic mass is 10.3. The molecule has 70 valence electrons. The smallest absolute Gasteiger partial charge is 0.111 e. The molecule has 3 N–H and O–H groups in total. The van der Waals surface area contributed by atoms with Gasteiger partial charge in [-0.15, -0.1) is 0 Å². The van der Waals surface area contributed by atoms with Crippen molar-refractivity contribution in [2.24, 2.45) is 0 Å². The Bertz CT molecular complexity index is 494. The second kappa shape index (κ2) is 3.38. The molecule has 0 amide bonds. The first-order valence-electron chi connectivity index (χ1n) is 4.34. The van der Waals surface area contributed by atoms with Crippen molar-refractivity contribution < 1.29 is 0 Å². The van der Waals surface area contributed by atoms with Gasteiger partial charge in [0.15, 0.2) is 0 Å². The summed E-state index contributed by atoms with van der Waals surface area (Å²) < 4.78 is 0. The van der Waals surface area contributed by atoms with Gasteiger partial charge >= 0.3 is 0 Å². The van der Waals surface area contributed by atoms with Gasteiger partial charge in [-0.3, -0.25) is 4.98 Å². The first kappa shape index (κ1) is 8.56. The maximum atomic E-state index is 5.90. The number of aromatic amines is 1. The fraction of sp³-hybridized carbons (Fsp3) is 0. The minimum atomic E-state index is 0.679. The molecule has 3 nitrogen and oxygen atoms in total. The number of H-pyrrole nitrogens is 1. The quantitative estimate of drug-likeness (QED) is 0.705. The lowest BCUT2D eigenvalue weighted by Gasteiger charge is -1.89. The molecule has 0 saturated carbocycles. The summed E-state index contributed by atoms with van der Waals surface area (Å²) >= 11 is 0. The number of aromatic nitrogens is 2. The Kier molecular flexibility index (Phi) is 2.07.